The molecule has 0 radical (unpaired) electrons. The van der Waals surface area contributed by atoms with Crippen LogP contribution < -0.4 is 15.4 Å². The highest BCUT2D eigenvalue weighted by Crippen LogP contribution is 2.27. The highest BCUT2D eigenvalue weighted by Gasteiger charge is 2.07. The molecule has 2 aromatic rings. The molecule has 2 rings (SSSR count). The van der Waals surface area contributed by atoms with Gasteiger partial charge in [0.25, 0.3) is 0 Å². The lowest BCUT2D eigenvalue weighted by Crippen LogP contribution is -2.21. The summed E-state index contributed by atoms with van der Waals surface area (Å²) in [5.74, 6) is -1.78. The number of amides is 1. The molecule has 0 saturated heterocycles. The molecule has 7 heteroatoms. The number of hydrogen-bond donors (Lipinski definition) is 2. The first-order valence-electron chi connectivity index (χ1n) is 6.32. The van der Waals surface area contributed by atoms with Gasteiger partial charge < -0.3 is 15.4 Å². The number of ether oxygens (including phenoxy) is 1. The van der Waals surface area contributed by atoms with E-state index in [1.54, 1.807) is 18.2 Å². The van der Waals surface area contributed by atoms with Crippen molar-refractivity contribution < 1.29 is 18.3 Å². The number of benzene rings is 2. The van der Waals surface area contributed by atoms with Crippen LogP contribution in [0.3, 0.4) is 0 Å². The second-order valence-corrected chi connectivity index (χ2v) is 4.79. The minimum Gasteiger partial charge on any atom is -0.495 e. The average molecular weight is 327 g/mol. The summed E-state index contributed by atoms with van der Waals surface area (Å²) in [6, 6.07) is 8.12. The summed E-state index contributed by atoms with van der Waals surface area (Å²) in [6.07, 6.45) is 0. The van der Waals surface area contributed by atoms with Crippen molar-refractivity contribution in [2.45, 2.75) is 0 Å². The monoisotopic (exact) mass is 326 g/mol. The van der Waals surface area contributed by atoms with E-state index in [4.69, 9.17) is 16.3 Å². The fourth-order valence-corrected chi connectivity index (χ4v) is 2.00. The Morgan fingerprint density at radius 3 is 2.50 bits per heavy atom. The van der Waals surface area contributed by atoms with Crippen LogP contribution in [0.1, 0.15) is 0 Å². The van der Waals surface area contributed by atoms with Gasteiger partial charge in [0.2, 0.25) is 5.91 Å². The van der Waals surface area contributed by atoms with Gasteiger partial charge >= 0.3 is 0 Å². The maximum atomic E-state index is 13.0. The molecule has 22 heavy (non-hydrogen) atoms. The van der Waals surface area contributed by atoms with Gasteiger partial charge in [-0.05, 0) is 30.3 Å². The topological polar surface area (TPSA) is 50.4 Å². The number of carbonyl (C=O) groups is 1. The van der Waals surface area contributed by atoms with Gasteiger partial charge in [0.1, 0.15) is 5.75 Å². The van der Waals surface area contributed by atoms with Gasteiger partial charge in [-0.2, -0.15) is 0 Å². The van der Waals surface area contributed by atoms with Crippen LogP contribution in [0, 0.1) is 11.6 Å². The Labute approximate surface area is 131 Å². The van der Waals surface area contributed by atoms with Crippen LogP contribution in [0.25, 0.3) is 0 Å². The lowest BCUT2D eigenvalue weighted by molar-refractivity contribution is -0.114. The summed E-state index contributed by atoms with van der Waals surface area (Å²) < 4.78 is 30.8. The number of hydrogen-bond acceptors (Lipinski definition) is 3. The molecule has 0 atom stereocenters. The first-order chi connectivity index (χ1) is 10.5. The molecule has 4 nitrogen and oxygen atoms in total. The zero-order chi connectivity index (χ0) is 16.1. The van der Waals surface area contributed by atoms with E-state index in [0.29, 0.717) is 22.1 Å². The summed E-state index contributed by atoms with van der Waals surface area (Å²) in [7, 11) is 1.49. The molecule has 0 heterocycles. The van der Waals surface area contributed by atoms with Crippen molar-refractivity contribution in [3.05, 3.63) is 53.1 Å². The fraction of sp³-hybridized carbons (Fsp3) is 0.133. The highest BCUT2D eigenvalue weighted by molar-refractivity contribution is 6.32. The number of rotatable bonds is 5. The zero-order valence-corrected chi connectivity index (χ0v) is 12.4. The molecule has 0 aliphatic rings. The normalized spacial score (nSPS) is 10.2. The SMILES string of the molecule is COc1ccc(NC(=O)CNc2ccc(F)c(F)c2)cc1Cl. The molecule has 0 bridgehead atoms. The van der Waals surface area contributed by atoms with Crippen molar-refractivity contribution in [3.8, 4) is 5.75 Å². The smallest absolute Gasteiger partial charge is 0.243 e. The molecular formula is C15H13ClF2N2O2. The van der Waals surface area contributed by atoms with E-state index in [9.17, 15) is 13.6 Å². The average Bonchev–Trinajstić information content (AvgIpc) is 2.49. The Morgan fingerprint density at radius 1 is 1.14 bits per heavy atom. The van der Waals surface area contributed by atoms with Crippen LogP contribution in [0.2, 0.25) is 5.02 Å². The van der Waals surface area contributed by atoms with E-state index in [0.717, 1.165) is 12.1 Å². The largest absolute Gasteiger partial charge is 0.495 e. The standard InChI is InChI=1S/C15H13ClF2N2O2/c1-22-14-5-3-10(6-11(14)16)20-15(21)8-19-9-2-4-12(17)13(18)7-9/h2-7,19H,8H2,1H3,(H,20,21). The van der Waals surface area contributed by atoms with E-state index in [2.05, 4.69) is 10.6 Å². The van der Waals surface area contributed by atoms with Gasteiger partial charge in [0.05, 0.1) is 18.7 Å². The van der Waals surface area contributed by atoms with Crippen molar-refractivity contribution >= 4 is 28.9 Å². The van der Waals surface area contributed by atoms with Crippen LogP contribution in [0.15, 0.2) is 36.4 Å². The molecule has 0 fully saturated rings. The minimum atomic E-state index is -0.979. The Morgan fingerprint density at radius 2 is 1.86 bits per heavy atom. The first kappa shape index (κ1) is 16.0. The predicted molar refractivity (Wildman–Crippen MR) is 81.5 cm³/mol. The summed E-state index contributed by atoms with van der Waals surface area (Å²) in [4.78, 5) is 11.8. The summed E-state index contributed by atoms with van der Waals surface area (Å²) >= 11 is 5.95. The number of nitrogens with one attached hydrogen (secondary N) is 2. The minimum absolute atomic E-state index is 0.102. The van der Waals surface area contributed by atoms with Gasteiger partial charge in [0, 0.05) is 17.4 Å². The molecule has 0 aromatic heterocycles. The fourth-order valence-electron chi connectivity index (χ4n) is 1.74. The molecule has 116 valence electrons. The summed E-state index contributed by atoms with van der Waals surface area (Å²) in [6.45, 7) is -0.102. The number of carbonyl (C=O) groups excluding carboxylic acids is 1. The third-order valence-electron chi connectivity index (χ3n) is 2.81. The van der Waals surface area contributed by atoms with Crippen molar-refractivity contribution in [2.24, 2.45) is 0 Å². The van der Waals surface area contributed by atoms with Crippen LogP contribution in [-0.2, 0) is 4.79 Å². The van der Waals surface area contributed by atoms with Crippen molar-refractivity contribution in [1.82, 2.24) is 0 Å². The maximum Gasteiger partial charge on any atom is 0.243 e. The van der Waals surface area contributed by atoms with Crippen molar-refractivity contribution in [1.29, 1.82) is 0 Å². The van der Waals surface area contributed by atoms with Gasteiger partial charge in [-0.1, -0.05) is 11.6 Å². The van der Waals surface area contributed by atoms with Crippen molar-refractivity contribution in [2.75, 3.05) is 24.3 Å². The molecule has 0 aliphatic heterocycles. The first-order valence-corrected chi connectivity index (χ1v) is 6.69. The molecule has 2 N–H and O–H groups in total. The Kier molecular flexibility index (Phi) is 5.16. The van der Waals surface area contributed by atoms with Gasteiger partial charge in [-0.3, -0.25) is 4.79 Å². The number of anilines is 2. The van der Waals surface area contributed by atoms with Gasteiger partial charge in [-0.15, -0.1) is 0 Å². The summed E-state index contributed by atoms with van der Waals surface area (Å²) in [5.41, 5.74) is 0.810. The van der Waals surface area contributed by atoms with E-state index < -0.39 is 11.6 Å². The quantitative estimate of drug-likeness (QED) is 0.881. The molecule has 2 aromatic carbocycles. The van der Waals surface area contributed by atoms with Crippen LogP contribution in [0.5, 0.6) is 5.75 Å². The zero-order valence-electron chi connectivity index (χ0n) is 11.6. The molecule has 0 aliphatic carbocycles. The third-order valence-corrected chi connectivity index (χ3v) is 3.10. The number of methoxy groups -OCH3 is 1. The Balaban J connectivity index is 1.92. The Hall–Kier alpha value is -2.34. The molecular weight excluding hydrogens is 314 g/mol. The van der Waals surface area contributed by atoms with Crippen LogP contribution >= 0.6 is 11.6 Å². The third kappa shape index (κ3) is 4.08. The van der Waals surface area contributed by atoms with Crippen LogP contribution in [-0.4, -0.2) is 19.6 Å². The van der Waals surface area contributed by atoms with E-state index >= 15 is 0 Å². The molecule has 0 spiro atoms. The van der Waals surface area contributed by atoms with Gasteiger partial charge in [-0.25, -0.2) is 8.78 Å². The molecule has 0 unspecified atom stereocenters. The lowest BCUT2D eigenvalue weighted by atomic mass is 10.3. The highest BCUT2D eigenvalue weighted by atomic mass is 35.5. The van der Waals surface area contributed by atoms with Gasteiger partial charge in [0.15, 0.2) is 11.6 Å². The van der Waals surface area contributed by atoms with E-state index in [1.165, 1.54) is 13.2 Å². The van der Waals surface area contributed by atoms with E-state index in [1.807, 2.05) is 0 Å². The molecule has 0 saturated carbocycles. The Bertz CT molecular complexity index is 695. The van der Waals surface area contributed by atoms with Crippen molar-refractivity contribution in [3.63, 3.8) is 0 Å². The molecule has 1 amide bonds. The lowest BCUT2D eigenvalue weighted by Gasteiger charge is -2.09. The second-order valence-electron chi connectivity index (χ2n) is 4.38. The predicted octanol–water partition coefficient (Wildman–Crippen LogP) is 3.68. The van der Waals surface area contributed by atoms with E-state index in [-0.39, 0.29) is 12.5 Å². The summed E-state index contributed by atoms with van der Waals surface area (Å²) in [5, 5.41) is 5.68. The number of halogens is 3. The maximum absolute atomic E-state index is 13.0. The van der Waals surface area contributed by atoms with Crippen LogP contribution in [0.4, 0.5) is 20.2 Å². The second kappa shape index (κ2) is 7.09.